The van der Waals surface area contributed by atoms with Gasteiger partial charge in [-0.3, -0.25) is 9.78 Å². The molecule has 1 fully saturated rings. The van der Waals surface area contributed by atoms with E-state index >= 15 is 0 Å². The summed E-state index contributed by atoms with van der Waals surface area (Å²) < 4.78 is 0. The number of carbonyl (C=O) groups is 1. The van der Waals surface area contributed by atoms with E-state index in [1.54, 1.807) is 19.0 Å². The van der Waals surface area contributed by atoms with Gasteiger partial charge in [0.2, 0.25) is 5.91 Å². The molecule has 7 nitrogen and oxygen atoms in total. The second kappa shape index (κ2) is 11.9. The largest absolute Gasteiger partial charge is 0.371 e. The van der Waals surface area contributed by atoms with Crippen molar-refractivity contribution in [2.75, 3.05) is 51.7 Å². The van der Waals surface area contributed by atoms with Crippen molar-refractivity contribution in [1.29, 1.82) is 0 Å². The first kappa shape index (κ1) is 22.5. The summed E-state index contributed by atoms with van der Waals surface area (Å²) in [6.45, 7) is 5.97. The van der Waals surface area contributed by atoms with Crippen molar-refractivity contribution in [2.24, 2.45) is 10.9 Å². The third kappa shape index (κ3) is 7.35. The average Bonchev–Trinajstić information content (AvgIpc) is 2.64. The molecule has 1 aliphatic rings. The van der Waals surface area contributed by atoms with Crippen molar-refractivity contribution < 1.29 is 4.79 Å². The Morgan fingerprint density at radius 3 is 2.50 bits per heavy atom. The number of aromatic nitrogens is 1. The maximum absolute atomic E-state index is 11.7. The van der Waals surface area contributed by atoms with Gasteiger partial charge in [-0.2, -0.15) is 0 Å². The van der Waals surface area contributed by atoms with Crippen molar-refractivity contribution in [2.45, 2.75) is 19.8 Å². The highest BCUT2D eigenvalue weighted by molar-refractivity contribution is 14.0. The Balaban J connectivity index is 0.00000338. The van der Waals surface area contributed by atoms with Crippen LogP contribution < -0.4 is 15.5 Å². The molecule has 1 aromatic heterocycles. The lowest BCUT2D eigenvalue weighted by molar-refractivity contribution is -0.127. The summed E-state index contributed by atoms with van der Waals surface area (Å²) in [6.07, 6.45) is 5.98. The smallest absolute Gasteiger partial charge is 0.243 e. The molecule has 26 heavy (non-hydrogen) atoms. The molecular formula is C18H31IN6O. The summed E-state index contributed by atoms with van der Waals surface area (Å²) in [6, 6.07) is 4.13. The quantitative estimate of drug-likeness (QED) is 0.372. The molecule has 1 aliphatic heterocycles. The van der Waals surface area contributed by atoms with E-state index in [1.165, 1.54) is 5.69 Å². The molecule has 0 unspecified atom stereocenters. The van der Waals surface area contributed by atoms with Crippen LogP contribution in [0.25, 0.3) is 0 Å². The number of likely N-dealkylation sites (N-methyl/N-ethyl adjacent to an activating group) is 1. The summed E-state index contributed by atoms with van der Waals surface area (Å²) in [5.41, 5.74) is 1.25. The zero-order valence-electron chi connectivity index (χ0n) is 15.9. The molecule has 1 amide bonds. The van der Waals surface area contributed by atoms with Gasteiger partial charge in [-0.1, -0.05) is 0 Å². The van der Waals surface area contributed by atoms with Gasteiger partial charge >= 0.3 is 0 Å². The van der Waals surface area contributed by atoms with Gasteiger partial charge in [0.05, 0.1) is 0 Å². The van der Waals surface area contributed by atoms with Gasteiger partial charge in [-0.05, 0) is 37.8 Å². The molecule has 2 N–H and O–H groups in total. The van der Waals surface area contributed by atoms with Crippen molar-refractivity contribution in [3.63, 3.8) is 0 Å². The standard InChI is InChI=1S/C18H30N6O.HI/c1-4-20-18(22-14-17(25)23(2)3)21-13-15-7-11-24(12-8-15)16-5-9-19-10-6-16;/h5-6,9-10,15H,4,7-8,11-14H2,1-3H3,(H2,20,21,22);1H. The predicted molar refractivity (Wildman–Crippen MR) is 117 cm³/mol. The maximum Gasteiger partial charge on any atom is 0.243 e. The van der Waals surface area contributed by atoms with Gasteiger partial charge in [0.15, 0.2) is 5.96 Å². The SMILES string of the molecule is CCNC(=NCC(=O)N(C)C)NCC1CCN(c2ccncc2)CC1.I. The number of amides is 1. The molecule has 1 saturated heterocycles. The minimum atomic E-state index is 0. The fourth-order valence-corrected chi connectivity index (χ4v) is 2.82. The Kier molecular flexibility index (Phi) is 10.3. The summed E-state index contributed by atoms with van der Waals surface area (Å²) >= 11 is 0. The van der Waals surface area contributed by atoms with Crippen LogP contribution in [0, 0.1) is 5.92 Å². The maximum atomic E-state index is 11.7. The van der Waals surface area contributed by atoms with Gasteiger partial charge < -0.3 is 20.4 Å². The Morgan fingerprint density at radius 1 is 1.27 bits per heavy atom. The topological polar surface area (TPSA) is 72.9 Å². The summed E-state index contributed by atoms with van der Waals surface area (Å²) in [7, 11) is 3.49. The minimum absolute atomic E-state index is 0. The number of carbonyl (C=O) groups excluding carboxylic acids is 1. The number of nitrogens with one attached hydrogen (secondary N) is 2. The van der Waals surface area contributed by atoms with Crippen LogP contribution in [0.15, 0.2) is 29.5 Å². The summed E-state index contributed by atoms with van der Waals surface area (Å²) in [5.74, 6) is 1.34. The van der Waals surface area contributed by atoms with Crippen molar-refractivity contribution in [3.8, 4) is 0 Å². The van der Waals surface area contributed by atoms with E-state index < -0.39 is 0 Å². The first-order chi connectivity index (χ1) is 12.1. The second-order valence-electron chi connectivity index (χ2n) is 6.50. The first-order valence-electron chi connectivity index (χ1n) is 8.97. The molecule has 0 radical (unpaired) electrons. The molecule has 0 spiro atoms. The van der Waals surface area contributed by atoms with Crippen molar-refractivity contribution in [1.82, 2.24) is 20.5 Å². The lowest BCUT2D eigenvalue weighted by Crippen LogP contribution is -2.43. The molecule has 0 bridgehead atoms. The Labute approximate surface area is 173 Å². The number of pyridine rings is 1. The molecule has 0 aliphatic carbocycles. The number of rotatable bonds is 6. The molecule has 1 aromatic rings. The molecule has 2 heterocycles. The molecule has 2 rings (SSSR count). The van der Waals surface area contributed by atoms with E-state index in [-0.39, 0.29) is 36.4 Å². The number of piperidine rings is 1. The highest BCUT2D eigenvalue weighted by atomic mass is 127. The van der Waals surface area contributed by atoms with E-state index in [9.17, 15) is 4.79 Å². The fraction of sp³-hybridized carbons (Fsp3) is 0.611. The monoisotopic (exact) mass is 474 g/mol. The lowest BCUT2D eigenvalue weighted by Gasteiger charge is -2.33. The van der Waals surface area contributed by atoms with Gasteiger partial charge in [0, 0.05) is 58.4 Å². The molecule has 8 heteroatoms. The van der Waals surface area contributed by atoms with Crippen LogP contribution in [-0.2, 0) is 4.79 Å². The van der Waals surface area contributed by atoms with E-state index in [1.807, 2.05) is 19.3 Å². The minimum Gasteiger partial charge on any atom is -0.371 e. The first-order valence-corrected chi connectivity index (χ1v) is 8.97. The third-order valence-electron chi connectivity index (χ3n) is 4.42. The van der Waals surface area contributed by atoms with Crippen LogP contribution in [0.4, 0.5) is 5.69 Å². The van der Waals surface area contributed by atoms with Crippen molar-refractivity contribution in [3.05, 3.63) is 24.5 Å². The zero-order chi connectivity index (χ0) is 18.1. The average molecular weight is 474 g/mol. The zero-order valence-corrected chi connectivity index (χ0v) is 18.3. The number of aliphatic imine (C=N–C) groups is 1. The number of anilines is 1. The van der Waals surface area contributed by atoms with E-state index in [0.717, 1.165) is 39.0 Å². The molecular weight excluding hydrogens is 443 g/mol. The van der Waals surface area contributed by atoms with Gasteiger partial charge in [-0.25, -0.2) is 4.99 Å². The van der Waals surface area contributed by atoms with Crippen LogP contribution in [0.3, 0.4) is 0 Å². The van der Waals surface area contributed by atoms with Crippen LogP contribution >= 0.6 is 24.0 Å². The second-order valence-corrected chi connectivity index (χ2v) is 6.50. The summed E-state index contributed by atoms with van der Waals surface area (Å²) in [4.78, 5) is 24.1. The van der Waals surface area contributed by atoms with E-state index in [4.69, 9.17) is 0 Å². The van der Waals surface area contributed by atoms with Crippen LogP contribution in [0.1, 0.15) is 19.8 Å². The van der Waals surface area contributed by atoms with Crippen molar-refractivity contribution >= 4 is 41.5 Å². The number of guanidine groups is 1. The van der Waals surface area contributed by atoms with Gasteiger partial charge in [0.25, 0.3) is 0 Å². The number of hydrogen-bond donors (Lipinski definition) is 2. The predicted octanol–water partition coefficient (Wildman–Crippen LogP) is 1.56. The molecule has 0 saturated carbocycles. The Morgan fingerprint density at radius 2 is 1.92 bits per heavy atom. The molecule has 0 atom stereocenters. The summed E-state index contributed by atoms with van der Waals surface area (Å²) in [5, 5.41) is 6.58. The number of hydrogen-bond acceptors (Lipinski definition) is 4. The lowest BCUT2D eigenvalue weighted by atomic mass is 9.96. The van der Waals surface area contributed by atoms with Gasteiger partial charge in [-0.15, -0.1) is 24.0 Å². The number of halogens is 1. The number of nitrogens with zero attached hydrogens (tertiary/aromatic N) is 4. The van der Waals surface area contributed by atoms with Crippen LogP contribution in [0.5, 0.6) is 0 Å². The normalized spacial score (nSPS) is 15.2. The Bertz CT molecular complexity index is 558. The van der Waals surface area contributed by atoms with E-state index in [0.29, 0.717) is 11.9 Å². The van der Waals surface area contributed by atoms with Crippen LogP contribution in [-0.4, -0.2) is 68.6 Å². The Hall–Kier alpha value is -1.58. The van der Waals surface area contributed by atoms with Crippen LogP contribution in [0.2, 0.25) is 0 Å². The molecule has 0 aromatic carbocycles. The highest BCUT2D eigenvalue weighted by Crippen LogP contribution is 2.22. The third-order valence-corrected chi connectivity index (χ3v) is 4.42. The van der Waals surface area contributed by atoms with E-state index in [2.05, 4.69) is 37.6 Å². The molecule has 146 valence electrons. The fourth-order valence-electron chi connectivity index (χ4n) is 2.82. The van der Waals surface area contributed by atoms with Gasteiger partial charge in [0.1, 0.15) is 6.54 Å². The highest BCUT2D eigenvalue weighted by Gasteiger charge is 2.19.